The topological polar surface area (TPSA) is 94.3 Å². The van der Waals surface area contributed by atoms with Gasteiger partial charge in [-0.1, -0.05) is 0 Å². The second-order valence-corrected chi connectivity index (χ2v) is 6.66. The number of anilines is 3. The summed E-state index contributed by atoms with van der Waals surface area (Å²) in [5, 5.41) is 7.58. The van der Waals surface area contributed by atoms with Crippen LogP contribution >= 0.6 is 0 Å². The number of fused-ring (bicyclic) bond motifs is 1. The van der Waals surface area contributed by atoms with Crippen LogP contribution in [0, 0.1) is 5.82 Å². The van der Waals surface area contributed by atoms with Crippen molar-refractivity contribution in [1.82, 2.24) is 14.6 Å². The second kappa shape index (κ2) is 6.33. The molecular formula is C18H21FN6. The quantitative estimate of drug-likeness (QED) is 0.681. The van der Waals surface area contributed by atoms with Gasteiger partial charge in [0, 0.05) is 23.7 Å². The summed E-state index contributed by atoms with van der Waals surface area (Å²) < 4.78 is 14.8. The highest BCUT2D eigenvalue weighted by atomic mass is 19.1. The van der Waals surface area contributed by atoms with Crippen molar-refractivity contribution < 1.29 is 4.39 Å². The van der Waals surface area contributed by atoms with Crippen molar-refractivity contribution in [3.05, 3.63) is 48.0 Å². The van der Waals surface area contributed by atoms with Crippen LogP contribution in [0.15, 0.2) is 36.5 Å². The highest BCUT2D eigenvalue weighted by Crippen LogP contribution is 2.33. The molecule has 0 spiro atoms. The zero-order valence-electron chi connectivity index (χ0n) is 13.8. The molecule has 0 atom stereocenters. The number of nitrogen functional groups attached to an aromatic ring is 1. The van der Waals surface area contributed by atoms with Gasteiger partial charge in [-0.25, -0.2) is 13.9 Å². The Balaban J connectivity index is 1.68. The Hall–Kier alpha value is -2.67. The van der Waals surface area contributed by atoms with Gasteiger partial charge in [-0.05, 0) is 49.9 Å². The molecule has 1 aromatic carbocycles. The van der Waals surface area contributed by atoms with Crippen molar-refractivity contribution in [3.8, 4) is 0 Å². The van der Waals surface area contributed by atoms with E-state index in [1.165, 1.54) is 12.1 Å². The lowest BCUT2D eigenvalue weighted by molar-refractivity contribution is 0.391. The molecule has 1 aliphatic rings. The molecule has 4 rings (SSSR count). The Labute approximate surface area is 145 Å². The zero-order valence-corrected chi connectivity index (χ0v) is 13.8. The first-order chi connectivity index (χ1) is 12.1. The smallest absolute Gasteiger partial charge is 0.177 e. The maximum Gasteiger partial charge on any atom is 0.177 e. The maximum absolute atomic E-state index is 13.1. The molecule has 0 saturated heterocycles. The van der Waals surface area contributed by atoms with E-state index in [1.807, 2.05) is 6.20 Å². The number of imidazole rings is 1. The normalized spacial score (nSPS) is 20.7. The predicted molar refractivity (Wildman–Crippen MR) is 96.3 cm³/mol. The summed E-state index contributed by atoms with van der Waals surface area (Å²) in [6.07, 6.45) is 6.08. The van der Waals surface area contributed by atoms with Gasteiger partial charge in [0.25, 0.3) is 0 Å². The summed E-state index contributed by atoms with van der Waals surface area (Å²) >= 11 is 0. The summed E-state index contributed by atoms with van der Waals surface area (Å²) in [5.74, 6) is 0.525. The van der Waals surface area contributed by atoms with E-state index in [2.05, 4.69) is 10.4 Å². The molecule has 5 N–H and O–H groups in total. The molecule has 3 aromatic rings. The average Bonchev–Trinajstić information content (AvgIpc) is 3.01. The summed E-state index contributed by atoms with van der Waals surface area (Å²) in [6, 6.07) is 8.21. The molecular weight excluding hydrogens is 319 g/mol. The summed E-state index contributed by atoms with van der Waals surface area (Å²) in [7, 11) is 0. The predicted octanol–water partition coefficient (Wildman–Crippen LogP) is 3.18. The standard InChI is InChI=1S/C18H21FN6/c19-12-3-7-14(8-4-12)22-15-9-17(21)24-25-10-16(23-18(15)25)11-1-5-13(20)6-2-11/h3-4,7-11,13,22H,1-2,5-6,20H2,(H2,21,24)/t11-,13-. The van der Waals surface area contributed by atoms with E-state index in [9.17, 15) is 4.39 Å². The van der Waals surface area contributed by atoms with Crippen LogP contribution in [0.3, 0.4) is 0 Å². The minimum Gasteiger partial charge on any atom is -0.382 e. The van der Waals surface area contributed by atoms with Gasteiger partial charge in [-0.2, -0.15) is 0 Å². The average molecular weight is 340 g/mol. The van der Waals surface area contributed by atoms with Gasteiger partial charge in [0.1, 0.15) is 11.6 Å². The van der Waals surface area contributed by atoms with E-state index >= 15 is 0 Å². The Bertz CT molecular complexity index is 880. The summed E-state index contributed by atoms with van der Waals surface area (Å²) in [5.41, 5.74) is 15.2. The van der Waals surface area contributed by atoms with Crippen molar-refractivity contribution in [2.45, 2.75) is 37.6 Å². The summed E-state index contributed by atoms with van der Waals surface area (Å²) in [6.45, 7) is 0. The molecule has 1 aliphatic carbocycles. The molecule has 0 aliphatic heterocycles. The van der Waals surface area contributed by atoms with Crippen LogP contribution in [-0.2, 0) is 0 Å². The van der Waals surface area contributed by atoms with E-state index in [4.69, 9.17) is 16.5 Å². The van der Waals surface area contributed by atoms with Gasteiger partial charge in [0.05, 0.1) is 17.6 Å². The van der Waals surface area contributed by atoms with E-state index in [-0.39, 0.29) is 5.82 Å². The highest BCUT2D eigenvalue weighted by Gasteiger charge is 2.23. The van der Waals surface area contributed by atoms with Gasteiger partial charge in [-0.15, -0.1) is 5.10 Å². The first kappa shape index (κ1) is 15.8. The van der Waals surface area contributed by atoms with Crippen LogP contribution in [0.4, 0.5) is 21.6 Å². The first-order valence-electron chi connectivity index (χ1n) is 8.52. The molecule has 0 radical (unpaired) electrons. The zero-order chi connectivity index (χ0) is 17.4. The van der Waals surface area contributed by atoms with Gasteiger partial charge in [-0.3, -0.25) is 0 Å². The number of hydrogen-bond acceptors (Lipinski definition) is 5. The molecule has 25 heavy (non-hydrogen) atoms. The number of hydrogen-bond donors (Lipinski definition) is 3. The lowest BCUT2D eigenvalue weighted by atomic mass is 9.85. The van der Waals surface area contributed by atoms with Crippen molar-refractivity contribution >= 4 is 22.8 Å². The number of nitrogens with zero attached hydrogens (tertiary/aromatic N) is 3. The van der Waals surface area contributed by atoms with E-state index in [0.717, 1.165) is 42.8 Å². The van der Waals surface area contributed by atoms with Gasteiger partial charge in [0.15, 0.2) is 5.65 Å². The fourth-order valence-corrected chi connectivity index (χ4v) is 3.41. The monoisotopic (exact) mass is 340 g/mol. The number of nitrogens with two attached hydrogens (primary N) is 2. The number of benzene rings is 1. The Morgan fingerprint density at radius 1 is 1.12 bits per heavy atom. The third-order valence-corrected chi connectivity index (χ3v) is 4.78. The molecule has 7 heteroatoms. The third kappa shape index (κ3) is 3.28. The van der Waals surface area contributed by atoms with Crippen LogP contribution in [-0.4, -0.2) is 20.6 Å². The lowest BCUT2D eigenvalue weighted by Crippen LogP contribution is -2.25. The SMILES string of the molecule is Nc1cc(Nc2ccc(F)cc2)c2nc([C@H]3CC[C@H](N)CC3)cn2n1. The minimum absolute atomic E-state index is 0.274. The van der Waals surface area contributed by atoms with E-state index < -0.39 is 0 Å². The first-order valence-corrected chi connectivity index (χ1v) is 8.52. The molecule has 0 amide bonds. The van der Waals surface area contributed by atoms with Gasteiger partial charge in [0.2, 0.25) is 0 Å². The molecule has 130 valence electrons. The van der Waals surface area contributed by atoms with E-state index in [1.54, 1.807) is 22.7 Å². The molecule has 2 heterocycles. The van der Waals surface area contributed by atoms with Gasteiger partial charge >= 0.3 is 0 Å². The van der Waals surface area contributed by atoms with Crippen LogP contribution < -0.4 is 16.8 Å². The van der Waals surface area contributed by atoms with Crippen molar-refractivity contribution in [2.75, 3.05) is 11.1 Å². The van der Waals surface area contributed by atoms with Crippen molar-refractivity contribution in [2.24, 2.45) is 5.73 Å². The number of rotatable bonds is 3. The van der Waals surface area contributed by atoms with Crippen LogP contribution in [0.25, 0.3) is 5.65 Å². The van der Waals surface area contributed by atoms with Crippen molar-refractivity contribution in [1.29, 1.82) is 0 Å². The lowest BCUT2D eigenvalue weighted by Gasteiger charge is -2.24. The third-order valence-electron chi connectivity index (χ3n) is 4.78. The molecule has 2 aromatic heterocycles. The molecule has 0 unspecified atom stereocenters. The highest BCUT2D eigenvalue weighted by molar-refractivity contribution is 5.75. The molecule has 1 saturated carbocycles. The number of halogens is 1. The fraction of sp³-hybridized carbons (Fsp3) is 0.333. The van der Waals surface area contributed by atoms with Crippen LogP contribution in [0.1, 0.15) is 37.3 Å². The van der Waals surface area contributed by atoms with E-state index in [0.29, 0.717) is 23.4 Å². The molecule has 0 bridgehead atoms. The summed E-state index contributed by atoms with van der Waals surface area (Å²) in [4.78, 5) is 4.78. The maximum atomic E-state index is 13.1. The number of nitrogens with one attached hydrogen (secondary N) is 1. The molecule has 6 nitrogen and oxygen atoms in total. The largest absolute Gasteiger partial charge is 0.382 e. The molecule has 1 fully saturated rings. The van der Waals surface area contributed by atoms with Crippen LogP contribution in [0.5, 0.6) is 0 Å². The Kier molecular flexibility index (Phi) is 4.01. The minimum atomic E-state index is -0.274. The Morgan fingerprint density at radius 3 is 2.56 bits per heavy atom. The second-order valence-electron chi connectivity index (χ2n) is 6.66. The Morgan fingerprint density at radius 2 is 1.84 bits per heavy atom. The van der Waals surface area contributed by atoms with Crippen molar-refractivity contribution in [3.63, 3.8) is 0 Å². The van der Waals surface area contributed by atoms with Gasteiger partial charge < -0.3 is 16.8 Å². The fourth-order valence-electron chi connectivity index (χ4n) is 3.41. The number of aromatic nitrogens is 3. The van der Waals surface area contributed by atoms with Crippen LogP contribution in [0.2, 0.25) is 0 Å².